The van der Waals surface area contributed by atoms with Crippen LogP contribution >= 0.6 is 11.8 Å². The van der Waals surface area contributed by atoms with Crippen LogP contribution in [0.15, 0.2) is 0 Å². The maximum absolute atomic E-state index is 11.3. The monoisotopic (exact) mass is 438 g/mol. The lowest BCUT2D eigenvalue weighted by atomic mass is 10.2. The van der Waals surface area contributed by atoms with Crippen molar-refractivity contribution in [2.45, 2.75) is 113 Å². The Balaban J connectivity index is -0.000000206. The number of thioether (sulfide) groups is 1. The highest BCUT2D eigenvalue weighted by atomic mass is 32.2. The number of aliphatic hydroxyl groups is 1. The second kappa shape index (κ2) is 18.9. The zero-order valence-corrected chi connectivity index (χ0v) is 18.9. The van der Waals surface area contributed by atoms with Crippen molar-refractivity contribution in [2.75, 3.05) is 12.4 Å². The smallest absolute Gasteiger partial charge is 0.306 e. The molecule has 0 rings (SSSR count). The van der Waals surface area contributed by atoms with Gasteiger partial charge in [-0.3, -0.25) is 14.4 Å². The topological polar surface area (TPSA) is 89.9 Å². The fraction of sp³-hybridized carbons (Fsp3) is 0.864. The van der Waals surface area contributed by atoms with E-state index in [9.17, 15) is 14.4 Å². The highest BCUT2D eigenvalue weighted by Gasteiger charge is 2.16. The van der Waals surface area contributed by atoms with Gasteiger partial charge >= 0.3 is 11.9 Å². The average molecular weight is 439 g/mol. The predicted octanol–water partition coefficient (Wildman–Crippen LogP) is 5.54. The maximum atomic E-state index is 11.3. The molecule has 0 saturated heterocycles. The van der Waals surface area contributed by atoms with Crippen molar-refractivity contribution in [1.82, 2.24) is 0 Å². The number of rotatable bonds is 9. The summed E-state index contributed by atoms with van der Waals surface area (Å²) in [5.74, 6) is 0.448. The predicted molar refractivity (Wildman–Crippen MR) is 123 cm³/mol. The molecule has 0 amide bonds. The second-order valence-corrected chi connectivity index (χ2v) is 9.42. The first-order valence-corrected chi connectivity index (χ1v) is 10.4. The summed E-state index contributed by atoms with van der Waals surface area (Å²) in [5, 5.41) is 8.59. The minimum atomic E-state index is -0.398. The lowest BCUT2D eigenvalue weighted by Crippen LogP contribution is -2.23. The zero-order chi connectivity index (χ0) is 21.5. The average Bonchev–Trinajstić information content (AvgIpc) is 2.43. The standard InChI is InChI=1S/C11H20O3S.C9H18O3.2CH4/c1-9(12)15-8-6-5-7-10(13)14-11(2,3)4;1-9(2,3)12-8(11)6-4-5-7-10;;/h5-8H2,1-4H3;10H,4-7H2,1-3H3;2*1H4. The van der Waals surface area contributed by atoms with Crippen molar-refractivity contribution >= 4 is 28.8 Å². The van der Waals surface area contributed by atoms with Crippen LogP contribution in [0.25, 0.3) is 0 Å². The van der Waals surface area contributed by atoms with Crippen molar-refractivity contribution in [3.05, 3.63) is 0 Å². The summed E-state index contributed by atoms with van der Waals surface area (Å²) in [7, 11) is 0. The first-order valence-electron chi connectivity index (χ1n) is 9.45. The Morgan fingerprint density at radius 2 is 1.14 bits per heavy atom. The Bertz CT molecular complexity index is 436. The van der Waals surface area contributed by atoms with Gasteiger partial charge in [0.1, 0.15) is 11.2 Å². The number of aliphatic hydroxyl groups excluding tert-OH is 1. The molecule has 0 saturated carbocycles. The number of esters is 2. The van der Waals surface area contributed by atoms with Gasteiger partial charge in [-0.05, 0) is 67.2 Å². The van der Waals surface area contributed by atoms with Crippen LogP contribution in [0, 0.1) is 0 Å². The van der Waals surface area contributed by atoms with Gasteiger partial charge in [0, 0.05) is 32.1 Å². The van der Waals surface area contributed by atoms with E-state index in [1.54, 1.807) is 6.92 Å². The number of carbonyl (C=O) groups excluding carboxylic acids is 3. The molecular weight excluding hydrogens is 392 g/mol. The van der Waals surface area contributed by atoms with Gasteiger partial charge in [0.25, 0.3) is 0 Å². The van der Waals surface area contributed by atoms with Gasteiger partial charge in [0.15, 0.2) is 5.12 Å². The normalized spacial score (nSPS) is 10.5. The van der Waals surface area contributed by atoms with Crippen molar-refractivity contribution in [1.29, 1.82) is 0 Å². The largest absolute Gasteiger partial charge is 0.460 e. The van der Waals surface area contributed by atoms with Crippen LogP contribution < -0.4 is 0 Å². The third kappa shape index (κ3) is 34.8. The Labute approximate surface area is 183 Å². The molecule has 0 aromatic carbocycles. The number of carbonyl (C=O) groups is 3. The highest BCUT2D eigenvalue weighted by molar-refractivity contribution is 8.13. The van der Waals surface area contributed by atoms with Gasteiger partial charge in [0.05, 0.1) is 0 Å². The number of hydrogen-bond donors (Lipinski definition) is 1. The summed E-state index contributed by atoms with van der Waals surface area (Å²) in [4.78, 5) is 32.9. The molecule has 29 heavy (non-hydrogen) atoms. The Morgan fingerprint density at radius 1 is 0.759 bits per heavy atom. The van der Waals surface area contributed by atoms with E-state index in [4.69, 9.17) is 14.6 Å². The quantitative estimate of drug-likeness (QED) is 0.373. The molecule has 0 fully saturated rings. The first-order chi connectivity index (χ1) is 12.3. The fourth-order valence-corrected chi connectivity index (χ4v) is 2.39. The first kappa shape index (κ1) is 35.4. The van der Waals surface area contributed by atoms with E-state index in [1.807, 2.05) is 41.5 Å². The molecule has 0 aliphatic carbocycles. The van der Waals surface area contributed by atoms with E-state index in [0.717, 1.165) is 18.6 Å². The van der Waals surface area contributed by atoms with E-state index >= 15 is 0 Å². The number of ether oxygens (including phenoxy) is 2. The van der Waals surface area contributed by atoms with E-state index < -0.39 is 11.2 Å². The summed E-state index contributed by atoms with van der Waals surface area (Å²) < 4.78 is 10.2. The number of unbranched alkanes of at least 4 members (excludes halogenated alkanes) is 2. The minimum Gasteiger partial charge on any atom is -0.460 e. The molecule has 0 aromatic rings. The van der Waals surface area contributed by atoms with Crippen LogP contribution in [0.3, 0.4) is 0 Å². The molecule has 176 valence electrons. The van der Waals surface area contributed by atoms with E-state index in [-0.39, 0.29) is 38.5 Å². The van der Waals surface area contributed by atoms with Crippen molar-refractivity contribution in [3.8, 4) is 0 Å². The highest BCUT2D eigenvalue weighted by Crippen LogP contribution is 2.12. The summed E-state index contributed by atoms with van der Waals surface area (Å²) in [6, 6.07) is 0. The van der Waals surface area contributed by atoms with Gasteiger partial charge in [0.2, 0.25) is 0 Å². The van der Waals surface area contributed by atoms with Crippen LogP contribution in [0.1, 0.15) is 102 Å². The van der Waals surface area contributed by atoms with Crippen molar-refractivity contribution in [3.63, 3.8) is 0 Å². The molecule has 0 heterocycles. The molecule has 0 aromatic heterocycles. The molecule has 0 unspecified atom stereocenters. The maximum Gasteiger partial charge on any atom is 0.306 e. The zero-order valence-electron chi connectivity index (χ0n) is 18.1. The Kier molecular flexibility index (Phi) is 23.1. The molecule has 0 atom stereocenters. The van der Waals surface area contributed by atoms with Gasteiger partial charge in [-0.25, -0.2) is 0 Å². The molecule has 7 heteroatoms. The Hall–Kier alpha value is -1.08. The molecule has 0 aliphatic rings. The molecule has 6 nitrogen and oxygen atoms in total. The summed E-state index contributed by atoms with van der Waals surface area (Å²) >= 11 is 1.31. The summed E-state index contributed by atoms with van der Waals surface area (Å²) in [6.07, 6.45) is 3.87. The van der Waals surface area contributed by atoms with Crippen molar-refractivity contribution in [2.24, 2.45) is 0 Å². The van der Waals surface area contributed by atoms with Crippen LogP contribution in [-0.2, 0) is 23.9 Å². The molecule has 1 N–H and O–H groups in total. The van der Waals surface area contributed by atoms with Crippen LogP contribution in [0.2, 0.25) is 0 Å². The molecule has 0 aliphatic heterocycles. The fourth-order valence-electron chi connectivity index (χ4n) is 1.75. The van der Waals surface area contributed by atoms with Gasteiger partial charge in [-0.1, -0.05) is 26.6 Å². The third-order valence-electron chi connectivity index (χ3n) is 2.71. The lowest BCUT2D eigenvalue weighted by Gasteiger charge is -2.19. The van der Waals surface area contributed by atoms with Gasteiger partial charge < -0.3 is 14.6 Å². The Morgan fingerprint density at radius 3 is 1.45 bits per heavy atom. The summed E-state index contributed by atoms with van der Waals surface area (Å²) in [6.45, 7) is 12.8. The molecular formula is C22H46O6S. The summed E-state index contributed by atoms with van der Waals surface area (Å²) in [5.41, 5.74) is -0.790. The van der Waals surface area contributed by atoms with Gasteiger partial charge in [-0.15, -0.1) is 0 Å². The third-order valence-corrected chi connectivity index (χ3v) is 3.61. The molecule has 0 radical (unpaired) electrons. The van der Waals surface area contributed by atoms with E-state index in [1.165, 1.54) is 11.8 Å². The van der Waals surface area contributed by atoms with Crippen LogP contribution in [0.4, 0.5) is 0 Å². The molecule has 0 spiro atoms. The van der Waals surface area contributed by atoms with Crippen molar-refractivity contribution < 1.29 is 29.0 Å². The van der Waals surface area contributed by atoms with Crippen LogP contribution in [-0.4, -0.2) is 45.7 Å². The van der Waals surface area contributed by atoms with Gasteiger partial charge in [-0.2, -0.15) is 0 Å². The second-order valence-electron chi connectivity index (χ2n) is 8.15. The lowest BCUT2D eigenvalue weighted by molar-refractivity contribution is -0.156. The molecule has 0 bridgehead atoms. The minimum absolute atomic E-state index is 0. The van der Waals surface area contributed by atoms with E-state index in [0.29, 0.717) is 25.7 Å². The van der Waals surface area contributed by atoms with E-state index in [2.05, 4.69) is 0 Å². The SMILES string of the molecule is C.C.CC(=O)SCCCCC(=O)OC(C)(C)C.CC(C)(C)OC(=O)CCCCO. The number of hydrogen-bond acceptors (Lipinski definition) is 7. The van der Waals surface area contributed by atoms with Crippen LogP contribution in [0.5, 0.6) is 0 Å².